The number of pyridine rings is 2. The quantitative estimate of drug-likeness (QED) is 0.498. The molecule has 4 aliphatic rings. The molecule has 0 unspecified atom stereocenters. The molecule has 2 saturated heterocycles. The third-order valence-corrected chi connectivity index (χ3v) is 8.70. The number of anilines is 1. The summed E-state index contributed by atoms with van der Waals surface area (Å²) in [7, 11) is 0. The molecule has 4 atom stereocenters. The molecule has 3 aromatic rings. The van der Waals surface area contributed by atoms with E-state index in [1.54, 1.807) is 6.07 Å². The van der Waals surface area contributed by atoms with Gasteiger partial charge in [-0.3, -0.25) is 0 Å². The normalized spacial score (nSPS) is 27.1. The Morgan fingerprint density at radius 1 is 1.14 bits per heavy atom. The van der Waals surface area contributed by atoms with Crippen LogP contribution in [0.25, 0.3) is 22.0 Å². The van der Waals surface area contributed by atoms with E-state index in [2.05, 4.69) is 17.1 Å². The smallest absolute Gasteiger partial charge is 0.226 e. The first kappa shape index (κ1) is 21.6. The number of ether oxygens (including phenoxy) is 1. The fourth-order valence-electron chi connectivity index (χ4n) is 6.53. The molecule has 0 spiro atoms. The van der Waals surface area contributed by atoms with Gasteiger partial charge in [0.25, 0.3) is 0 Å². The lowest BCUT2D eigenvalue weighted by Gasteiger charge is -2.43. The number of nitrogens with one attached hydrogen (secondary N) is 1. The first-order chi connectivity index (χ1) is 16.8. The Hall–Kier alpha value is -2.64. The van der Waals surface area contributed by atoms with Gasteiger partial charge in [-0.25, -0.2) is 14.4 Å². The number of nitrogens with zero attached hydrogens (tertiary/aromatic N) is 3. The maximum Gasteiger partial charge on any atom is 0.226 e. The number of fused-ring (bicyclic) bond motifs is 5. The van der Waals surface area contributed by atoms with E-state index in [0.717, 1.165) is 54.9 Å². The maximum absolute atomic E-state index is 16.6. The standard InChI is InChI=1S/C27H28ClFN4O2/c1-11-12(2)30-26-22-20(11)23(29)24(17-8-16(34)9-18(28)21(17)14-4-5-14)32-27(22)35-13(3)25-19-7-6-15(31-19)10-33(25)26/h8-9,13-15,19,25,31,34H,4-7,10H2,1-3H3/t13-,15+,19-,25+/m0/s1. The van der Waals surface area contributed by atoms with E-state index >= 15 is 4.39 Å². The molecular formula is C27H28ClFN4O2. The van der Waals surface area contributed by atoms with Crippen LogP contribution in [0.1, 0.15) is 55.3 Å². The Morgan fingerprint density at radius 2 is 1.94 bits per heavy atom. The number of hydrogen-bond acceptors (Lipinski definition) is 6. The number of phenols is 1. The zero-order valence-corrected chi connectivity index (χ0v) is 20.8. The van der Waals surface area contributed by atoms with Crippen molar-refractivity contribution in [2.75, 3.05) is 11.4 Å². The fraction of sp³-hybridized carbons (Fsp3) is 0.481. The molecule has 2 N–H and O–H groups in total. The SMILES string of the molecule is Cc1nc2c3c(nc(-c4cc(O)cc(Cl)c4C4CC4)c(F)c3c1C)O[C@@H](C)[C@@H]1[C@@H]3CC[C@H](CN21)N3. The number of piperazine rings is 1. The Bertz CT molecular complexity index is 1410. The summed E-state index contributed by atoms with van der Waals surface area (Å²) in [5.41, 5.74) is 3.15. The van der Waals surface area contributed by atoms with Crippen LogP contribution in [0, 0.1) is 19.7 Å². The monoisotopic (exact) mass is 494 g/mol. The van der Waals surface area contributed by atoms with Gasteiger partial charge < -0.3 is 20.1 Å². The predicted octanol–water partition coefficient (Wildman–Crippen LogP) is 5.38. The van der Waals surface area contributed by atoms with E-state index in [9.17, 15) is 5.11 Å². The van der Waals surface area contributed by atoms with Gasteiger partial charge in [-0.05, 0) is 75.6 Å². The van der Waals surface area contributed by atoms with Crippen LogP contribution in [0.5, 0.6) is 11.6 Å². The third kappa shape index (κ3) is 3.10. The second-order valence-corrected chi connectivity index (χ2v) is 11.1. The number of phenolic OH excluding ortho intramolecular Hbond substituents is 1. The van der Waals surface area contributed by atoms with Gasteiger partial charge in [0.1, 0.15) is 23.4 Å². The Labute approximate surface area is 208 Å². The number of aryl methyl sites for hydroxylation is 2. The van der Waals surface area contributed by atoms with Crippen molar-refractivity contribution >= 4 is 28.2 Å². The molecule has 1 aromatic carbocycles. The molecular weight excluding hydrogens is 467 g/mol. The maximum atomic E-state index is 16.6. The lowest BCUT2D eigenvalue weighted by Crippen LogP contribution is -2.62. The topological polar surface area (TPSA) is 70.5 Å². The molecule has 5 heterocycles. The van der Waals surface area contributed by atoms with Gasteiger partial charge in [-0.2, -0.15) is 0 Å². The van der Waals surface area contributed by atoms with Crippen molar-refractivity contribution in [3.8, 4) is 22.9 Å². The largest absolute Gasteiger partial charge is 0.508 e. The van der Waals surface area contributed by atoms with Crippen molar-refractivity contribution in [2.45, 2.75) is 76.6 Å². The van der Waals surface area contributed by atoms with E-state index in [1.807, 2.05) is 13.8 Å². The summed E-state index contributed by atoms with van der Waals surface area (Å²) < 4.78 is 23.1. The van der Waals surface area contributed by atoms with Crippen LogP contribution in [0.3, 0.4) is 0 Å². The van der Waals surface area contributed by atoms with Crippen LogP contribution in [-0.2, 0) is 0 Å². The van der Waals surface area contributed by atoms with Gasteiger partial charge in [0.15, 0.2) is 5.82 Å². The van der Waals surface area contributed by atoms with E-state index in [1.165, 1.54) is 6.07 Å². The highest BCUT2D eigenvalue weighted by Crippen LogP contribution is 2.51. The molecule has 2 aromatic heterocycles. The molecule has 3 fully saturated rings. The Morgan fingerprint density at radius 3 is 2.71 bits per heavy atom. The summed E-state index contributed by atoms with van der Waals surface area (Å²) in [4.78, 5) is 12.1. The molecule has 0 radical (unpaired) electrons. The minimum Gasteiger partial charge on any atom is -0.508 e. The lowest BCUT2D eigenvalue weighted by molar-refractivity contribution is 0.155. The molecule has 182 valence electrons. The van der Waals surface area contributed by atoms with Crippen molar-refractivity contribution in [1.29, 1.82) is 0 Å². The van der Waals surface area contributed by atoms with Crippen LogP contribution in [0.4, 0.5) is 10.2 Å². The van der Waals surface area contributed by atoms with E-state index in [0.29, 0.717) is 39.3 Å². The number of halogens is 2. The number of aromatic hydroxyl groups is 1. The van der Waals surface area contributed by atoms with Crippen molar-refractivity contribution < 1.29 is 14.2 Å². The first-order valence-electron chi connectivity index (χ1n) is 12.5. The van der Waals surface area contributed by atoms with E-state index < -0.39 is 5.82 Å². The predicted molar refractivity (Wildman–Crippen MR) is 134 cm³/mol. The van der Waals surface area contributed by atoms with Crippen LogP contribution >= 0.6 is 11.6 Å². The molecule has 2 bridgehead atoms. The highest BCUT2D eigenvalue weighted by atomic mass is 35.5. The second kappa shape index (κ2) is 7.43. The molecule has 1 saturated carbocycles. The molecule has 6 nitrogen and oxygen atoms in total. The zero-order chi connectivity index (χ0) is 24.2. The average molecular weight is 495 g/mol. The summed E-state index contributed by atoms with van der Waals surface area (Å²) >= 11 is 6.56. The molecule has 1 aliphatic carbocycles. The minimum absolute atomic E-state index is 0.00148. The number of benzene rings is 1. The van der Waals surface area contributed by atoms with Gasteiger partial charge in [-0.1, -0.05) is 11.6 Å². The highest BCUT2D eigenvalue weighted by molar-refractivity contribution is 6.32. The van der Waals surface area contributed by atoms with Crippen molar-refractivity contribution in [2.24, 2.45) is 0 Å². The van der Waals surface area contributed by atoms with Gasteiger partial charge in [-0.15, -0.1) is 0 Å². The van der Waals surface area contributed by atoms with E-state index in [-0.39, 0.29) is 29.5 Å². The number of aromatic nitrogens is 2. The van der Waals surface area contributed by atoms with Gasteiger partial charge >= 0.3 is 0 Å². The average Bonchev–Trinajstić information content (AvgIpc) is 3.59. The lowest BCUT2D eigenvalue weighted by atomic mass is 9.96. The minimum atomic E-state index is -0.413. The van der Waals surface area contributed by atoms with Crippen molar-refractivity contribution in [3.63, 3.8) is 0 Å². The number of rotatable bonds is 2. The third-order valence-electron chi connectivity index (χ3n) is 8.39. The summed E-state index contributed by atoms with van der Waals surface area (Å²) in [6, 6.07) is 3.90. The molecule has 35 heavy (non-hydrogen) atoms. The number of hydrogen-bond donors (Lipinski definition) is 2. The fourth-order valence-corrected chi connectivity index (χ4v) is 6.90. The van der Waals surface area contributed by atoms with Crippen molar-refractivity contribution in [3.05, 3.63) is 39.8 Å². The molecule has 3 aliphatic heterocycles. The summed E-state index contributed by atoms with van der Waals surface area (Å²) in [5.74, 6) is 1.00. The van der Waals surface area contributed by atoms with Gasteiger partial charge in [0.2, 0.25) is 5.88 Å². The Kier molecular flexibility index (Phi) is 4.59. The summed E-state index contributed by atoms with van der Waals surface area (Å²) in [6.45, 7) is 6.73. The van der Waals surface area contributed by atoms with Gasteiger partial charge in [0, 0.05) is 40.3 Å². The van der Waals surface area contributed by atoms with Crippen LogP contribution in [-0.4, -0.2) is 45.8 Å². The zero-order valence-electron chi connectivity index (χ0n) is 20.0. The summed E-state index contributed by atoms with van der Waals surface area (Å²) in [6.07, 6.45) is 4.03. The van der Waals surface area contributed by atoms with E-state index in [4.69, 9.17) is 26.3 Å². The van der Waals surface area contributed by atoms with Crippen LogP contribution in [0.2, 0.25) is 5.02 Å². The molecule has 7 rings (SSSR count). The van der Waals surface area contributed by atoms with Gasteiger partial charge in [0.05, 0.1) is 11.4 Å². The molecule has 8 heteroatoms. The second-order valence-electron chi connectivity index (χ2n) is 10.7. The van der Waals surface area contributed by atoms with Crippen LogP contribution < -0.4 is 15.0 Å². The van der Waals surface area contributed by atoms with Crippen molar-refractivity contribution in [1.82, 2.24) is 15.3 Å². The first-order valence-corrected chi connectivity index (χ1v) is 12.9. The summed E-state index contributed by atoms with van der Waals surface area (Å²) in [5, 5.41) is 15.7. The highest BCUT2D eigenvalue weighted by Gasteiger charge is 2.47. The molecule has 0 amide bonds. The Balaban J connectivity index is 1.53. The van der Waals surface area contributed by atoms with Crippen LogP contribution in [0.15, 0.2) is 12.1 Å².